The zero-order valence-electron chi connectivity index (χ0n) is 14.2. The summed E-state index contributed by atoms with van der Waals surface area (Å²) < 4.78 is 31.9. The Labute approximate surface area is 148 Å². The van der Waals surface area contributed by atoms with E-state index in [1.54, 1.807) is 24.3 Å². The van der Waals surface area contributed by atoms with Crippen LogP contribution in [-0.4, -0.2) is 44.9 Å². The van der Waals surface area contributed by atoms with E-state index in [1.165, 1.54) is 4.31 Å². The standard InChI is InChI=1S/C18H24N2O4S/c21-17(18-7-5-14(13-18)6-8-18)19-15-1-3-16(4-2-15)25(22,23)20-9-11-24-12-10-20/h1-4,14H,5-13H2,(H,19,21). The summed E-state index contributed by atoms with van der Waals surface area (Å²) in [5, 5.41) is 2.99. The molecule has 1 amide bonds. The number of amides is 1. The van der Waals surface area contributed by atoms with E-state index in [4.69, 9.17) is 4.74 Å². The number of sulfonamides is 1. The predicted octanol–water partition coefficient (Wildman–Crippen LogP) is 2.23. The number of hydrogen-bond donors (Lipinski definition) is 1. The van der Waals surface area contributed by atoms with Crippen molar-refractivity contribution in [3.63, 3.8) is 0 Å². The number of morpholine rings is 1. The third kappa shape index (κ3) is 3.09. The third-order valence-electron chi connectivity index (χ3n) is 5.94. The van der Waals surface area contributed by atoms with E-state index in [9.17, 15) is 13.2 Å². The summed E-state index contributed by atoms with van der Waals surface area (Å²) in [6.45, 7) is 1.61. The molecule has 136 valence electrons. The Kier molecular flexibility index (Phi) is 4.33. The molecule has 1 saturated heterocycles. The maximum Gasteiger partial charge on any atom is 0.243 e. The molecule has 1 heterocycles. The Morgan fingerprint density at radius 3 is 2.32 bits per heavy atom. The molecular weight excluding hydrogens is 340 g/mol. The number of nitrogens with zero attached hydrogens (tertiary/aromatic N) is 1. The lowest BCUT2D eigenvalue weighted by atomic mass is 9.83. The molecule has 3 fully saturated rings. The number of nitrogens with one attached hydrogen (secondary N) is 1. The molecule has 1 N–H and O–H groups in total. The van der Waals surface area contributed by atoms with Gasteiger partial charge in [0.2, 0.25) is 15.9 Å². The Bertz CT molecular complexity index is 746. The summed E-state index contributed by atoms with van der Waals surface area (Å²) >= 11 is 0. The van der Waals surface area contributed by atoms with Gasteiger partial charge in [-0.3, -0.25) is 4.79 Å². The van der Waals surface area contributed by atoms with E-state index in [0.717, 1.165) is 32.1 Å². The van der Waals surface area contributed by atoms with Crippen LogP contribution in [0.5, 0.6) is 0 Å². The summed E-state index contributed by atoms with van der Waals surface area (Å²) in [7, 11) is -3.49. The molecule has 1 aromatic carbocycles. The normalized spacial score (nSPS) is 29.7. The van der Waals surface area contributed by atoms with Crippen LogP contribution in [0.2, 0.25) is 0 Å². The van der Waals surface area contributed by atoms with Crippen LogP contribution in [0.15, 0.2) is 29.2 Å². The molecule has 0 atom stereocenters. The van der Waals surface area contributed by atoms with Crippen molar-refractivity contribution in [1.29, 1.82) is 0 Å². The lowest BCUT2D eigenvalue weighted by Gasteiger charge is -2.26. The highest BCUT2D eigenvalue weighted by molar-refractivity contribution is 7.89. The van der Waals surface area contributed by atoms with Gasteiger partial charge in [0.05, 0.1) is 18.1 Å². The van der Waals surface area contributed by atoms with Crippen molar-refractivity contribution in [3.05, 3.63) is 24.3 Å². The summed E-state index contributed by atoms with van der Waals surface area (Å²) in [6.07, 6.45) is 5.27. The van der Waals surface area contributed by atoms with Gasteiger partial charge in [0.1, 0.15) is 0 Å². The third-order valence-corrected chi connectivity index (χ3v) is 7.86. The van der Waals surface area contributed by atoms with Crippen LogP contribution in [0, 0.1) is 11.3 Å². The predicted molar refractivity (Wildman–Crippen MR) is 93.7 cm³/mol. The average molecular weight is 364 g/mol. The molecule has 0 unspecified atom stereocenters. The zero-order valence-corrected chi connectivity index (χ0v) is 15.1. The Morgan fingerprint density at radius 1 is 1.12 bits per heavy atom. The smallest absolute Gasteiger partial charge is 0.243 e. The lowest BCUT2D eigenvalue weighted by Crippen LogP contribution is -2.40. The van der Waals surface area contributed by atoms with Gasteiger partial charge in [-0.05, 0) is 62.3 Å². The number of hydrogen-bond acceptors (Lipinski definition) is 4. The monoisotopic (exact) mass is 364 g/mol. The highest BCUT2D eigenvalue weighted by Crippen LogP contribution is 2.54. The van der Waals surface area contributed by atoms with E-state index in [0.29, 0.717) is 37.9 Å². The van der Waals surface area contributed by atoms with Gasteiger partial charge in [-0.15, -0.1) is 0 Å². The van der Waals surface area contributed by atoms with Crippen molar-refractivity contribution < 1.29 is 17.9 Å². The fourth-order valence-corrected chi connectivity index (χ4v) is 5.83. The van der Waals surface area contributed by atoms with E-state index in [1.807, 2.05) is 0 Å². The Hall–Kier alpha value is -1.44. The minimum absolute atomic E-state index is 0.0938. The fourth-order valence-electron chi connectivity index (χ4n) is 4.42. The fraction of sp³-hybridized carbons (Fsp3) is 0.611. The molecule has 7 heteroatoms. The minimum Gasteiger partial charge on any atom is -0.379 e. The van der Waals surface area contributed by atoms with Gasteiger partial charge in [-0.1, -0.05) is 0 Å². The van der Waals surface area contributed by atoms with Gasteiger partial charge in [-0.25, -0.2) is 8.42 Å². The second-order valence-corrected chi connectivity index (χ2v) is 9.36. The number of carbonyl (C=O) groups is 1. The zero-order chi connectivity index (χ0) is 17.5. The van der Waals surface area contributed by atoms with Gasteiger partial charge in [0.25, 0.3) is 0 Å². The van der Waals surface area contributed by atoms with Crippen molar-refractivity contribution >= 4 is 21.6 Å². The molecule has 25 heavy (non-hydrogen) atoms. The molecule has 1 aromatic rings. The first-order valence-corrected chi connectivity index (χ1v) is 10.4. The molecule has 0 spiro atoms. The molecule has 2 aliphatic carbocycles. The minimum atomic E-state index is -3.49. The topological polar surface area (TPSA) is 75.7 Å². The van der Waals surface area contributed by atoms with Crippen molar-refractivity contribution in [2.24, 2.45) is 11.3 Å². The van der Waals surface area contributed by atoms with Crippen LogP contribution in [0.1, 0.15) is 32.1 Å². The van der Waals surface area contributed by atoms with Crippen LogP contribution in [-0.2, 0) is 19.6 Å². The van der Waals surface area contributed by atoms with Crippen LogP contribution in [0.4, 0.5) is 5.69 Å². The van der Waals surface area contributed by atoms with E-state index >= 15 is 0 Å². The molecule has 0 aromatic heterocycles. The number of benzene rings is 1. The van der Waals surface area contributed by atoms with Crippen LogP contribution < -0.4 is 5.32 Å². The van der Waals surface area contributed by atoms with Crippen molar-refractivity contribution in [2.75, 3.05) is 31.6 Å². The van der Waals surface area contributed by atoms with Crippen molar-refractivity contribution in [3.8, 4) is 0 Å². The van der Waals surface area contributed by atoms with E-state index < -0.39 is 10.0 Å². The van der Waals surface area contributed by atoms with Gasteiger partial charge < -0.3 is 10.1 Å². The molecular formula is C18H24N2O4S. The summed E-state index contributed by atoms with van der Waals surface area (Å²) in [5.41, 5.74) is 0.471. The largest absolute Gasteiger partial charge is 0.379 e. The van der Waals surface area contributed by atoms with Crippen LogP contribution in [0.3, 0.4) is 0 Å². The SMILES string of the molecule is O=C(Nc1ccc(S(=O)(=O)N2CCOCC2)cc1)C12CCC(CC1)C2. The van der Waals surface area contributed by atoms with Gasteiger partial charge in [0.15, 0.2) is 0 Å². The second-order valence-electron chi connectivity index (χ2n) is 7.42. The molecule has 0 radical (unpaired) electrons. The number of fused-ring (bicyclic) bond motifs is 2. The number of rotatable bonds is 4. The van der Waals surface area contributed by atoms with Crippen molar-refractivity contribution in [1.82, 2.24) is 4.31 Å². The first kappa shape index (κ1) is 17.0. The van der Waals surface area contributed by atoms with Crippen molar-refractivity contribution in [2.45, 2.75) is 37.0 Å². The second kappa shape index (κ2) is 6.37. The quantitative estimate of drug-likeness (QED) is 0.889. The average Bonchev–Trinajstić information content (AvgIpc) is 3.25. The Balaban J connectivity index is 1.46. The number of anilines is 1. The number of carbonyl (C=O) groups excluding carboxylic acids is 1. The molecule has 2 saturated carbocycles. The van der Waals surface area contributed by atoms with Gasteiger partial charge in [-0.2, -0.15) is 4.31 Å². The van der Waals surface area contributed by atoms with Gasteiger partial charge in [0, 0.05) is 24.2 Å². The maximum absolute atomic E-state index is 12.7. The number of ether oxygens (including phenoxy) is 1. The lowest BCUT2D eigenvalue weighted by molar-refractivity contribution is -0.125. The first-order chi connectivity index (χ1) is 12.0. The summed E-state index contributed by atoms with van der Waals surface area (Å²) in [5.74, 6) is 0.808. The van der Waals surface area contributed by atoms with Crippen LogP contribution >= 0.6 is 0 Å². The summed E-state index contributed by atoms with van der Waals surface area (Å²) in [4.78, 5) is 12.9. The van der Waals surface area contributed by atoms with E-state index in [2.05, 4.69) is 5.32 Å². The molecule has 2 bridgehead atoms. The van der Waals surface area contributed by atoms with Crippen LogP contribution in [0.25, 0.3) is 0 Å². The van der Waals surface area contributed by atoms with E-state index in [-0.39, 0.29) is 16.2 Å². The highest BCUT2D eigenvalue weighted by atomic mass is 32.2. The molecule has 4 rings (SSSR count). The van der Waals surface area contributed by atoms with Gasteiger partial charge >= 0.3 is 0 Å². The summed E-state index contributed by atoms with van der Waals surface area (Å²) in [6, 6.07) is 6.51. The molecule has 1 aliphatic heterocycles. The molecule has 3 aliphatic rings. The first-order valence-electron chi connectivity index (χ1n) is 8.99. The maximum atomic E-state index is 12.7. The highest BCUT2D eigenvalue weighted by Gasteiger charge is 2.49. The molecule has 6 nitrogen and oxygen atoms in total. The Morgan fingerprint density at radius 2 is 1.76 bits per heavy atom.